The molecule has 19 heavy (non-hydrogen) atoms. The minimum Gasteiger partial charge on any atom is -0.326 e. The molecule has 2 atom stereocenters. The summed E-state index contributed by atoms with van der Waals surface area (Å²) in [7, 11) is -3.06. The maximum absolute atomic E-state index is 11.5. The van der Waals surface area contributed by atoms with Crippen molar-refractivity contribution in [2.75, 3.05) is 32.4 Å². The Kier molecular flexibility index (Phi) is 5.40. The predicted octanol–water partition coefficient (Wildman–Crippen LogP) is 0.716. The van der Waals surface area contributed by atoms with Gasteiger partial charge in [0.15, 0.2) is 0 Å². The largest absolute Gasteiger partial charge is 0.326 e. The van der Waals surface area contributed by atoms with Crippen molar-refractivity contribution in [3.63, 3.8) is 0 Å². The molecule has 1 saturated heterocycles. The van der Waals surface area contributed by atoms with E-state index in [0.717, 1.165) is 19.5 Å². The average molecular weight is 291 g/mol. The Morgan fingerprint density at radius 3 is 1.95 bits per heavy atom. The van der Waals surface area contributed by atoms with Crippen molar-refractivity contribution in [3.05, 3.63) is 0 Å². The lowest BCUT2D eigenvalue weighted by Gasteiger charge is -2.46. The van der Waals surface area contributed by atoms with Crippen LogP contribution in [0.1, 0.15) is 34.1 Å². The highest BCUT2D eigenvalue weighted by molar-refractivity contribution is 7.88. The second kappa shape index (κ2) is 6.08. The van der Waals surface area contributed by atoms with Crippen molar-refractivity contribution in [2.45, 2.75) is 46.2 Å². The van der Waals surface area contributed by atoms with Crippen LogP contribution in [0.25, 0.3) is 0 Å². The first-order valence-electron chi connectivity index (χ1n) is 7.02. The lowest BCUT2D eigenvalue weighted by molar-refractivity contribution is 0.0499. The molecule has 1 aliphatic rings. The van der Waals surface area contributed by atoms with Crippen LogP contribution in [0.4, 0.5) is 0 Å². The predicted molar refractivity (Wildman–Crippen MR) is 79.5 cm³/mol. The van der Waals surface area contributed by atoms with Crippen molar-refractivity contribution < 1.29 is 8.42 Å². The Morgan fingerprint density at radius 1 is 1.16 bits per heavy atom. The summed E-state index contributed by atoms with van der Waals surface area (Å²) in [4.78, 5) is 2.36. The van der Waals surface area contributed by atoms with Gasteiger partial charge in [-0.2, -0.15) is 4.31 Å². The van der Waals surface area contributed by atoms with E-state index in [-0.39, 0.29) is 11.5 Å². The van der Waals surface area contributed by atoms with Gasteiger partial charge in [0.2, 0.25) is 10.0 Å². The Labute approximate surface area is 118 Å². The summed E-state index contributed by atoms with van der Waals surface area (Å²) in [5, 5.41) is 0. The third kappa shape index (κ3) is 4.41. The van der Waals surface area contributed by atoms with E-state index in [4.69, 9.17) is 5.73 Å². The zero-order valence-electron chi connectivity index (χ0n) is 12.9. The van der Waals surface area contributed by atoms with E-state index in [1.165, 1.54) is 6.26 Å². The summed E-state index contributed by atoms with van der Waals surface area (Å²) in [5.41, 5.74) is 6.38. The summed E-state index contributed by atoms with van der Waals surface area (Å²) in [6.07, 6.45) is 2.22. The smallest absolute Gasteiger partial charge is 0.211 e. The molecule has 0 amide bonds. The summed E-state index contributed by atoms with van der Waals surface area (Å²) >= 11 is 0. The van der Waals surface area contributed by atoms with Crippen LogP contribution in [0.2, 0.25) is 0 Å². The van der Waals surface area contributed by atoms with Crippen molar-refractivity contribution in [1.29, 1.82) is 0 Å². The van der Waals surface area contributed by atoms with Crippen LogP contribution >= 0.6 is 0 Å². The summed E-state index contributed by atoms with van der Waals surface area (Å²) in [6.45, 7) is 11.4. The van der Waals surface area contributed by atoms with Gasteiger partial charge in [-0.15, -0.1) is 0 Å². The van der Waals surface area contributed by atoms with E-state index in [2.05, 4.69) is 32.6 Å². The number of sulfonamides is 1. The first-order chi connectivity index (χ1) is 8.57. The van der Waals surface area contributed by atoms with Gasteiger partial charge < -0.3 is 5.73 Å². The first kappa shape index (κ1) is 16.9. The van der Waals surface area contributed by atoms with Crippen LogP contribution in [-0.2, 0) is 10.0 Å². The van der Waals surface area contributed by atoms with E-state index in [9.17, 15) is 8.42 Å². The number of rotatable bonds is 4. The van der Waals surface area contributed by atoms with Gasteiger partial charge in [-0.1, -0.05) is 27.7 Å². The van der Waals surface area contributed by atoms with Crippen molar-refractivity contribution >= 4 is 10.0 Å². The maximum atomic E-state index is 11.5. The van der Waals surface area contributed by atoms with Gasteiger partial charge in [0, 0.05) is 38.3 Å². The fourth-order valence-corrected chi connectivity index (χ4v) is 3.82. The third-order valence-corrected chi connectivity index (χ3v) is 5.20. The summed E-state index contributed by atoms with van der Waals surface area (Å²) < 4.78 is 24.6. The molecule has 0 bridgehead atoms. The monoisotopic (exact) mass is 291 g/mol. The van der Waals surface area contributed by atoms with Gasteiger partial charge in [-0.25, -0.2) is 8.42 Å². The number of hydrogen-bond acceptors (Lipinski definition) is 4. The molecule has 1 rings (SSSR count). The van der Waals surface area contributed by atoms with Crippen LogP contribution in [0.15, 0.2) is 0 Å². The van der Waals surface area contributed by atoms with Crippen LogP contribution in [0.3, 0.4) is 0 Å². The molecule has 0 radical (unpaired) electrons. The fraction of sp³-hybridized carbons (Fsp3) is 1.00. The van der Waals surface area contributed by atoms with Crippen molar-refractivity contribution in [3.8, 4) is 0 Å². The Balaban J connectivity index is 2.76. The zero-order chi connectivity index (χ0) is 14.8. The summed E-state index contributed by atoms with van der Waals surface area (Å²) in [5.74, 6) is 0. The highest BCUT2D eigenvalue weighted by Crippen LogP contribution is 2.28. The van der Waals surface area contributed by atoms with E-state index in [1.807, 2.05) is 0 Å². The van der Waals surface area contributed by atoms with Gasteiger partial charge >= 0.3 is 0 Å². The normalized spacial score (nSPS) is 23.3. The Bertz CT molecular complexity index is 381. The lowest BCUT2D eigenvalue weighted by atomic mass is 9.80. The molecule has 0 aromatic carbocycles. The maximum Gasteiger partial charge on any atom is 0.211 e. The van der Waals surface area contributed by atoms with Gasteiger partial charge in [0.05, 0.1) is 6.26 Å². The lowest BCUT2D eigenvalue weighted by Crippen LogP contribution is -2.60. The summed E-state index contributed by atoms with van der Waals surface area (Å²) in [6, 6.07) is 0.420. The van der Waals surface area contributed by atoms with Gasteiger partial charge in [0.1, 0.15) is 0 Å². The van der Waals surface area contributed by atoms with E-state index in [1.54, 1.807) is 4.31 Å². The molecule has 0 aromatic rings. The molecule has 2 N–H and O–H groups in total. The molecule has 1 fully saturated rings. The van der Waals surface area contributed by atoms with Crippen LogP contribution in [0, 0.1) is 5.41 Å². The quantitative estimate of drug-likeness (QED) is 0.828. The minimum absolute atomic E-state index is 0.0999. The highest BCUT2D eigenvalue weighted by Gasteiger charge is 2.36. The molecule has 1 aliphatic heterocycles. The van der Waals surface area contributed by atoms with E-state index < -0.39 is 10.0 Å². The molecule has 114 valence electrons. The van der Waals surface area contributed by atoms with Crippen LogP contribution in [0.5, 0.6) is 0 Å². The molecule has 0 aromatic heterocycles. The second-order valence-corrected chi connectivity index (χ2v) is 8.56. The fourth-order valence-electron chi connectivity index (χ4n) is 3.00. The van der Waals surface area contributed by atoms with E-state index >= 15 is 0 Å². The Hall–Kier alpha value is -0.170. The number of piperazine rings is 1. The standard InChI is InChI=1S/C13H29N3O2S/c1-6-11(14)12(13(2,3)4)15-7-9-16(10-8-15)19(5,17)18/h11-12H,6-10,14H2,1-5H3. The van der Waals surface area contributed by atoms with E-state index in [0.29, 0.717) is 19.1 Å². The molecule has 0 saturated carbocycles. The molecule has 0 aliphatic carbocycles. The molecular weight excluding hydrogens is 262 g/mol. The SMILES string of the molecule is CCC(N)C(N1CCN(S(C)(=O)=O)CC1)C(C)(C)C. The number of nitrogens with zero attached hydrogens (tertiary/aromatic N) is 2. The molecule has 1 heterocycles. The zero-order valence-corrected chi connectivity index (χ0v) is 13.7. The number of hydrogen-bond donors (Lipinski definition) is 1. The second-order valence-electron chi connectivity index (χ2n) is 6.58. The molecule has 0 spiro atoms. The van der Waals surface area contributed by atoms with Crippen LogP contribution in [-0.4, -0.2) is 62.1 Å². The van der Waals surface area contributed by atoms with Gasteiger partial charge in [0.25, 0.3) is 0 Å². The van der Waals surface area contributed by atoms with Crippen LogP contribution < -0.4 is 5.73 Å². The van der Waals surface area contributed by atoms with Gasteiger partial charge in [-0.05, 0) is 11.8 Å². The molecule has 5 nitrogen and oxygen atoms in total. The van der Waals surface area contributed by atoms with Crippen molar-refractivity contribution in [1.82, 2.24) is 9.21 Å². The van der Waals surface area contributed by atoms with Crippen molar-refractivity contribution in [2.24, 2.45) is 11.1 Å². The third-order valence-electron chi connectivity index (χ3n) is 3.90. The molecule has 2 unspecified atom stereocenters. The molecule has 6 heteroatoms. The Morgan fingerprint density at radius 2 is 1.63 bits per heavy atom. The minimum atomic E-state index is -3.06. The topological polar surface area (TPSA) is 66.6 Å². The average Bonchev–Trinajstić information content (AvgIpc) is 2.26. The molecular formula is C13H29N3O2S. The van der Waals surface area contributed by atoms with Gasteiger partial charge in [-0.3, -0.25) is 4.90 Å². The number of nitrogens with two attached hydrogens (primary N) is 1. The highest BCUT2D eigenvalue weighted by atomic mass is 32.2. The first-order valence-corrected chi connectivity index (χ1v) is 8.87.